The molecule has 2 fully saturated rings. The number of ether oxygens (including phenoxy) is 2. The Morgan fingerprint density at radius 3 is 2.67 bits per heavy atom. The van der Waals surface area contributed by atoms with E-state index >= 15 is 0 Å². The van der Waals surface area contributed by atoms with E-state index in [-0.39, 0.29) is 11.1 Å². The van der Waals surface area contributed by atoms with Crippen molar-refractivity contribution in [2.45, 2.75) is 49.5 Å². The summed E-state index contributed by atoms with van der Waals surface area (Å²) in [6.45, 7) is 5.08. The second kappa shape index (κ2) is 6.73. The van der Waals surface area contributed by atoms with Gasteiger partial charge in [0.15, 0.2) is 0 Å². The first-order valence-corrected chi connectivity index (χ1v) is 12.1. The number of anilines is 1. The van der Waals surface area contributed by atoms with Crippen LogP contribution in [0, 0.1) is 0 Å². The average Bonchev–Trinajstić information content (AvgIpc) is 3.35. The van der Waals surface area contributed by atoms with Crippen LogP contribution in [0.5, 0.6) is 5.75 Å². The molecule has 1 atom stereocenters. The summed E-state index contributed by atoms with van der Waals surface area (Å²) in [5.74, 6) is 0.813. The minimum atomic E-state index is -3.22. The highest BCUT2D eigenvalue weighted by molar-refractivity contribution is 7.89. The summed E-state index contributed by atoms with van der Waals surface area (Å²) in [5, 5.41) is 3.37. The van der Waals surface area contributed by atoms with Crippen molar-refractivity contribution >= 4 is 15.7 Å². The Morgan fingerprint density at radius 2 is 1.97 bits per heavy atom. The van der Waals surface area contributed by atoms with E-state index in [1.807, 2.05) is 12.1 Å². The summed E-state index contributed by atoms with van der Waals surface area (Å²) in [7, 11) is -1.55. The zero-order valence-electron chi connectivity index (χ0n) is 17.7. The van der Waals surface area contributed by atoms with Gasteiger partial charge in [0.2, 0.25) is 10.0 Å². The minimum absolute atomic E-state index is 0.304. The molecule has 162 valence electrons. The Hall–Kier alpha value is -2.03. The standard InChI is InChI=1S/C22H29N3O4S/c1-16(2)30(26,27)24-11-8-21(9-12-24)14-22(15-29-21)20-5-4-10-25(20)19-7-6-17(28-3)13-18(19)23-22/h4-7,10,13,16,23H,8-9,11-12,14-15H2,1-3H3. The lowest BCUT2D eigenvalue weighted by Gasteiger charge is -2.41. The molecule has 8 heteroatoms. The van der Waals surface area contributed by atoms with Gasteiger partial charge in [-0.25, -0.2) is 12.7 Å². The zero-order chi connectivity index (χ0) is 21.1. The lowest BCUT2D eigenvalue weighted by Crippen LogP contribution is -2.49. The Bertz CT molecular complexity index is 1070. The second-order valence-corrected chi connectivity index (χ2v) is 11.5. The maximum Gasteiger partial charge on any atom is 0.216 e. The summed E-state index contributed by atoms with van der Waals surface area (Å²) < 4.78 is 40.9. The van der Waals surface area contributed by atoms with Crippen LogP contribution >= 0.6 is 0 Å². The summed E-state index contributed by atoms with van der Waals surface area (Å²) in [6, 6.07) is 10.3. The van der Waals surface area contributed by atoms with Crippen LogP contribution in [0.3, 0.4) is 0 Å². The third-order valence-electron chi connectivity index (χ3n) is 6.91. The lowest BCUT2D eigenvalue weighted by molar-refractivity contribution is -0.0316. The Labute approximate surface area is 178 Å². The number of hydrogen-bond donors (Lipinski definition) is 1. The molecule has 1 aromatic heterocycles. The van der Waals surface area contributed by atoms with Gasteiger partial charge in [-0.3, -0.25) is 0 Å². The van der Waals surface area contributed by atoms with E-state index in [2.05, 4.69) is 34.3 Å². The van der Waals surface area contributed by atoms with Gasteiger partial charge in [0.05, 0.1) is 41.6 Å². The highest BCUT2D eigenvalue weighted by Crippen LogP contribution is 2.50. The summed E-state index contributed by atoms with van der Waals surface area (Å²) in [4.78, 5) is 0. The van der Waals surface area contributed by atoms with Crippen LogP contribution in [0.15, 0.2) is 36.5 Å². The van der Waals surface area contributed by atoms with Gasteiger partial charge >= 0.3 is 0 Å². The Morgan fingerprint density at radius 1 is 1.20 bits per heavy atom. The predicted molar refractivity (Wildman–Crippen MR) is 116 cm³/mol. The van der Waals surface area contributed by atoms with Crippen LogP contribution in [0.2, 0.25) is 0 Å². The fourth-order valence-electron chi connectivity index (χ4n) is 5.20. The summed E-state index contributed by atoms with van der Waals surface area (Å²) in [6.07, 6.45) is 4.34. The van der Waals surface area contributed by atoms with E-state index < -0.39 is 15.3 Å². The van der Waals surface area contributed by atoms with E-state index in [0.717, 1.165) is 23.5 Å². The highest BCUT2D eigenvalue weighted by Gasteiger charge is 2.54. The maximum atomic E-state index is 12.6. The molecule has 0 amide bonds. The van der Waals surface area contributed by atoms with Crippen molar-refractivity contribution in [2.24, 2.45) is 0 Å². The number of nitrogens with one attached hydrogen (secondary N) is 1. The van der Waals surface area contributed by atoms with Crippen molar-refractivity contribution in [3.63, 3.8) is 0 Å². The Balaban J connectivity index is 1.43. The number of benzene rings is 1. The fraction of sp³-hybridized carbons (Fsp3) is 0.545. The fourth-order valence-corrected chi connectivity index (χ4v) is 6.48. The summed E-state index contributed by atoms with van der Waals surface area (Å²) in [5.41, 5.74) is 2.68. The molecule has 4 heterocycles. The van der Waals surface area contributed by atoms with E-state index in [1.54, 1.807) is 25.3 Å². The van der Waals surface area contributed by atoms with Crippen LogP contribution in [0.4, 0.5) is 5.69 Å². The lowest BCUT2D eigenvalue weighted by atomic mass is 9.80. The normalized spacial score (nSPS) is 25.3. The monoisotopic (exact) mass is 431 g/mol. The number of rotatable bonds is 3. The molecule has 0 bridgehead atoms. The largest absolute Gasteiger partial charge is 0.497 e. The maximum absolute atomic E-state index is 12.6. The summed E-state index contributed by atoms with van der Waals surface area (Å²) >= 11 is 0. The van der Waals surface area contributed by atoms with E-state index in [9.17, 15) is 8.42 Å². The molecule has 0 radical (unpaired) electrons. The average molecular weight is 432 g/mol. The molecule has 1 N–H and O–H groups in total. The SMILES string of the molecule is COc1ccc2c(c1)NC1(COC3(CCN(S(=O)(=O)C(C)C)CC3)C1)c1cccn1-2. The quantitative estimate of drug-likeness (QED) is 0.809. The number of nitrogens with zero attached hydrogens (tertiary/aromatic N) is 2. The molecule has 1 unspecified atom stereocenters. The molecule has 0 aliphatic carbocycles. The van der Waals surface area contributed by atoms with Crippen LogP contribution in [0.25, 0.3) is 5.69 Å². The molecule has 2 aromatic rings. The first-order valence-electron chi connectivity index (χ1n) is 10.6. The molecule has 3 aliphatic rings. The van der Waals surface area contributed by atoms with Crippen molar-refractivity contribution < 1.29 is 17.9 Å². The number of hydrogen-bond acceptors (Lipinski definition) is 5. The number of methoxy groups -OCH3 is 1. The number of piperidine rings is 1. The van der Waals surface area contributed by atoms with E-state index in [1.165, 1.54) is 5.69 Å². The van der Waals surface area contributed by atoms with E-state index in [4.69, 9.17) is 9.47 Å². The number of fused-ring (bicyclic) bond motifs is 4. The first-order chi connectivity index (χ1) is 14.3. The van der Waals surface area contributed by atoms with Gasteiger partial charge in [0.1, 0.15) is 11.3 Å². The van der Waals surface area contributed by atoms with Crippen molar-refractivity contribution in [3.8, 4) is 11.4 Å². The predicted octanol–water partition coefficient (Wildman–Crippen LogP) is 3.10. The molecular weight excluding hydrogens is 402 g/mol. The minimum Gasteiger partial charge on any atom is -0.497 e. The van der Waals surface area contributed by atoms with Crippen molar-refractivity contribution in [2.75, 3.05) is 32.1 Å². The van der Waals surface area contributed by atoms with Gasteiger partial charge < -0.3 is 19.4 Å². The molecular formula is C22H29N3O4S. The third-order valence-corrected chi connectivity index (χ3v) is 9.19. The molecule has 1 aromatic carbocycles. The molecule has 30 heavy (non-hydrogen) atoms. The first kappa shape index (κ1) is 19.9. The van der Waals surface area contributed by atoms with Gasteiger partial charge in [-0.1, -0.05) is 0 Å². The molecule has 2 spiro atoms. The number of aromatic nitrogens is 1. The highest BCUT2D eigenvalue weighted by atomic mass is 32.2. The van der Waals surface area contributed by atoms with Crippen LogP contribution in [-0.2, 0) is 20.3 Å². The van der Waals surface area contributed by atoms with Crippen LogP contribution in [0.1, 0.15) is 38.8 Å². The van der Waals surface area contributed by atoms with Crippen LogP contribution < -0.4 is 10.1 Å². The van der Waals surface area contributed by atoms with E-state index in [0.29, 0.717) is 32.5 Å². The zero-order valence-corrected chi connectivity index (χ0v) is 18.5. The Kier molecular flexibility index (Phi) is 4.47. The van der Waals surface area contributed by atoms with Crippen molar-refractivity contribution in [1.82, 2.24) is 8.87 Å². The van der Waals surface area contributed by atoms with Gasteiger partial charge in [-0.15, -0.1) is 0 Å². The third kappa shape index (κ3) is 2.88. The molecule has 7 nitrogen and oxygen atoms in total. The molecule has 0 saturated carbocycles. The number of sulfonamides is 1. The van der Waals surface area contributed by atoms with Crippen LogP contribution in [-0.4, -0.2) is 54.9 Å². The van der Waals surface area contributed by atoms with Crippen molar-refractivity contribution in [1.29, 1.82) is 0 Å². The molecule has 5 rings (SSSR count). The topological polar surface area (TPSA) is 72.8 Å². The van der Waals surface area contributed by atoms with Gasteiger partial charge in [0.25, 0.3) is 0 Å². The van der Waals surface area contributed by atoms with Gasteiger partial charge in [0, 0.05) is 31.8 Å². The van der Waals surface area contributed by atoms with Gasteiger partial charge in [-0.2, -0.15) is 0 Å². The molecule has 3 aliphatic heterocycles. The smallest absolute Gasteiger partial charge is 0.216 e. The second-order valence-electron chi connectivity index (χ2n) is 8.99. The molecule has 2 saturated heterocycles. The van der Waals surface area contributed by atoms with Gasteiger partial charge in [-0.05, 0) is 51.0 Å². The van der Waals surface area contributed by atoms with Crippen molar-refractivity contribution in [3.05, 3.63) is 42.2 Å².